The van der Waals surface area contributed by atoms with E-state index in [9.17, 15) is 8.42 Å². The second-order valence-electron chi connectivity index (χ2n) is 6.25. The summed E-state index contributed by atoms with van der Waals surface area (Å²) in [6.07, 6.45) is 4.07. The van der Waals surface area contributed by atoms with Crippen LogP contribution >= 0.6 is 0 Å². The van der Waals surface area contributed by atoms with Crippen LogP contribution in [0.4, 0.5) is 0 Å². The molecule has 1 aliphatic heterocycles. The van der Waals surface area contributed by atoms with Gasteiger partial charge in [0.15, 0.2) is 0 Å². The monoisotopic (exact) mass is 320 g/mol. The second kappa shape index (κ2) is 9.05. The molecule has 0 aliphatic carbocycles. The average molecular weight is 321 g/mol. The molecule has 0 aromatic rings. The molecule has 0 radical (unpaired) electrons. The van der Waals surface area contributed by atoms with Crippen LogP contribution in [-0.2, 0) is 10.2 Å². The van der Waals surface area contributed by atoms with E-state index in [1.807, 2.05) is 25.9 Å². The zero-order chi connectivity index (χ0) is 15.9. The zero-order valence-corrected chi connectivity index (χ0v) is 14.7. The summed E-state index contributed by atoms with van der Waals surface area (Å²) in [6, 6.07) is -0.00877. The van der Waals surface area contributed by atoms with Crippen LogP contribution in [0.1, 0.15) is 39.5 Å². The minimum Gasteiger partial charge on any atom is -0.315 e. The lowest BCUT2D eigenvalue weighted by molar-refractivity contribution is 0.240. The van der Waals surface area contributed by atoms with Crippen LogP contribution in [0.25, 0.3) is 0 Å². The number of nitrogens with zero attached hydrogens (tertiary/aromatic N) is 2. The Morgan fingerprint density at radius 2 is 2.05 bits per heavy atom. The van der Waals surface area contributed by atoms with Crippen LogP contribution in [0.15, 0.2) is 0 Å². The van der Waals surface area contributed by atoms with E-state index >= 15 is 0 Å². The van der Waals surface area contributed by atoms with Gasteiger partial charge < -0.3 is 10.2 Å². The van der Waals surface area contributed by atoms with Crippen LogP contribution in [0.5, 0.6) is 0 Å². The van der Waals surface area contributed by atoms with Crippen molar-refractivity contribution in [3.63, 3.8) is 0 Å². The maximum atomic E-state index is 12.6. The molecule has 0 spiro atoms. The first-order valence-corrected chi connectivity index (χ1v) is 9.45. The molecule has 1 saturated heterocycles. The van der Waals surface area contributed by atoms with Crippen molar-refractivity contribution in [3.8, 4) is 0 Å². The maximum absolute atomic E-state index is 12.6. The summed E-state index contributed by atoms with van der Waals surface area (Å²) in [7, 11) is 0.497. The zero-order valence-electron chi connectivity index (χ0n) is 13.9. The topological polar surface area (TPSA) is 64.7 Å². The molecule has 7 heteroatoms. The van der Waals surface area contributed by atoms with Gasteiger partial charge in [-0.05, 0) is 46.8 Å². The molecule has 0 aromatic carbocycles. The van der Waals surface area contributed by atoms with Crippen molar-refractivity contribution in [2.24, 2.45) is 0 Å². The summed E-state index contributed by atoms with van der Waals surface area (Å²) in [5.41, 5.74) is 0. The number of nitrogens with one attached hydrogen (secondary N) is 2. The highest BCUT2D eigenvalue weighted by Gasteiger charge is 2.32. The van der Waals surface area contributed by atoms with E-state index in [2.05, 4.69) is 17.0 Å². The van der Waals surface area contributed by atoms with Crippen molar-refractivity contribution in [1.29, 1.82) is 0 Å². The molecule has 0 amide bonds. The Morgan fingerprint density at radius 3 is 2.67 bits per heavy atom. The molecule has 2 N–H and O–H groups in total. The van der Waals surface area contributed by atoms with Gasteiger partial charge in [-0.15, -0.1) is 0 Å². The fourth-order valence-corrected chi connectivity index (χ4v) is 4.51. The smallest absolute Gasteiger partial charge is 0.280 e. The molecule has 0 aromatic heterocycles. The third kappa shape index (κ3) is 6.61. The molecule has 1 aliphatic rings. The van der Waals surface area contributed by atoms with Gasteiger partial charge in [0.05, 0.1) is 0 Å². The van der Waals surface area contributed by atoms with Crippen molar-refractivity contribution in [2.45, 2.75) is 51.6 Å². The molecule has 21 heavy (non-hydrogen) atoms. The van der Waals surface area contributed by atoms with Crippen LogP contribution in [0, 0.1) is 0 Å². The SMILES string of the molecule is CCCNCC1CCCCN1S(=O)(=O)NC(C)CN(C)C. The van der Waals surface area contributed by atoms with E-state index in [-0.39, 0.29) is 12.1 Å². The van der Waals surface area contributed by atoms with Crippen molar-refractivity contribution in [2.75, 3.05) is 40.3 Å². The van der Waals surface area contributed by atoms with Gasteiger partial charge in [0.1, 0.15) is 0 Å². The number of likely N-dealkylation sites (N-methyl/N-ethyl adjacent to an activating group) is 1. The lowest BCUT2D eigenvalue weighted by Crippen LogP contribution is -2.54. The third-order valence-electron chi connectivity index (χ3n) is 3.68. The van der Waals surface area contributed by atoms with Crippen molar-refractivity contribution in [3.05, 3.63) is 0 Å². The average Bonchev–Trinajstić information content (AvgIpc) is 2.37. The van der Waals surface area contributed by atoms with Crippen LogP contribution in [-0.4, -0.2) is 70.0 Å². The van der Waals surface area contributed by atoms with Crippen LogP contribution < -0.4 is 10.0 Å². The summed E-state index contributed by atoms with van der Waals surface area (Å²) in [5, 5.41) is 3.35. The van der Waals surface area contributed by atoms with E-state index in [0.717, 1.165) is 38.8 Å². The Labute approximate surface area is 130 Å². The Bertz CT molecular complexity index is 386. The first kappa shape index (κ1) is 18.8. The van der Waals surface area contributed by atoms with Gasteiger partial charge in [-0.1, -0.05) is 13.3 Å². The second-order valence-corrected chi connectivity index (χ2v) is 7.91. The number of hydrogen-bond donors (Lipinski definition) is 2. The van der Waals surface area contributed by atoms with E-state index < -0.39 is 10.2 Å². The molecule has 2 atom stereocenters. The van der Waals surface area contributed by atoms with Crippen molar-refractivity contribution < 1.29 is 8.42 Å². The quantitative estimate of drug-likeness (QED) is 0.612. The predicted octanol–water partition coefficient (Wildman–Crippen LogP) is 0.625. The number of rotatable bonds is 9. The summed E-state index contributed by atoms with van der Waals surface area (Å²) in [6.45, 7) is 7.04. The number of piperidine rings is 1. The highest BCUT2D eigenvalue weighted by Crippen LogP contribution is 2.19. The van der Waals surface area contributed by atoms with Gasteiger partial charge in [-0.25, -0.2) is 0 Å². The van der Waals surface area contributed by atoms with Gasteiger partial charge in [0, 0.05) is 31.7 Å². The summed E-state index contributed by atoms with van der Waals surface area (Å²) < 4.78 is 29.6. The summed E-state index contributed by atoms with van der Waals surface area (Å²) >= 11 is 0. The molecule has 0 saturated carbocycles. The summed E-state index contributed by atoms with van der Waals surface area (Å²) in [4.78, 5) is 1.99. The molecular formula is C14H32N4O2S. The summed E-state index contributed by atoms with van der Waals surface area (Å²) in [5.74, 6) is 0. The van der Waals surface area contributed by atoms with Crippen molar-refractivity contribution >= 4 is 10.2 Å². The lowest BCUT2D eigenvalue weighted by atomic mass is 10.1. The minimum absolute atomic E-state index is 0.0781. The molecular weight excluding hydrogens is 288 g/mol. The first-order valence-electron chi connectivity index (χ1n) is 8.01. The highest BCUT2D eigenvalue weighted by molar-refractivity contribution is 7.87. The Hall–Kier alpha value is -0.210. The van der Waals surface area contributed by atoms with Gasteiger partial charge in [-0.2, -0.15) is 17.4 Å². The maximum Gasteiger partial charge on any atom is 0.280 e. The molecule has 6 nitrogen and oxygen atoms in total. The molecule has 1 rings (SSSR count). The van der Waals surface area contributed by atoms with E-state index in [4.69, 9.17) is 0 Å². The van der Waals surface area contributed by atoms with E-state index in [1.54, 1.807) is 4.31 Å². The highest BCUT2D eigenvalue weighted by atomic mass is 32.2. The van der Waals surface area contributed by atoms with Crippen LogP contribution in [0.2, 0.25) is 0 Å². The molecule has 1 fully saturated rings. The standard InChI is InChI=1S/C14H32N4O2S/c1-5-9-15-11-14-8-6-7-10-18(14)21(19,20)16-13(2)12-17(3)4/h13-16H,5-12H2,1-4H3. The van der Waals surface area contributed by atoms with Gasteiger partial charge in [0.25, 0.3) is 10.2 Å². The number of hydrogen-bond acceptors (Lipinski definition) is 4. The minimum atomic E-state index is -3.40. The van der Waals surface area contributed by atoms with Crippen LogP contribution in [0.3, 0.4) is 0 Å². The molecule has 126 valence electrons. The first-order chi connectivity index (χ1) is 9.86. The Morgan fingerprint density at radius 1 is 1.33 bits per heavy atom. The predicted molar refractivity (Wildman–Crippen MR) is 87.6 cm³/mol. The van der Waals surface area contributed by atoms with E-state index in [1.165, 1.54) is 0 Å². The van der Waals surface area contributed by atoms with Gasteiger partial charge in [-0.3, -0.25) is 0 Å². The van der Waals surface area contributed by atoms with Gasteiger partial charge >= 0.3 is 0 Å². The van der Waals surface area contributed by atoms with Gasteiger partial charge in [0.2, 0.25) is 0 Å². The lowest BCUT2D eigenvalue weighted by Gasteiger charge is -2.35. The third-order valence-corrected chi connectivity index (χ3v) is 5.48. The fourth-order valence-electron chi connectivity index (χ4n) is 2.85. The largest absolute Gasteiger partial charge is 0.315 e. The molecule has 2 unspecified atom stereocenters. The molecule has 1 heterocycles. The Kier molecular flexibility index (Phi) is 8.12. The normalized spacial score (nSPS) is 22.6. The van der Waals surface area contributed by atoms with Crippen molar-refractivity contribution in [1.82, 2.24) is 19.2 Å². The Balaban J connectivity index is 2.63. The fraction of sp³-hybridized carbons (Fsp3) is 1.00. The molecule has 0 bridgehead atoms. The van der Waals surface area contributed by atoms with E-state index in [0.29, 0.717) is 13.1 Å².